The van der Waals surface area contributed by atoms with Gasteiger partial charge in [-0.2, -0.15) is 0 Å². The minimum atomic E-state index is 0.0124. The van der Waals surface area contributed by atoms with Gasteiger partial charge in [0.1, 0.15) is 0 Å². The molecular formula is C13H14BrCl2NO. The molecule has 1 aromatic carbocycles. The van der Waals surface area contributed by atoms with Crippen LogP contribution >= 0.6 is 39.1 Å². The van der Waals surface area contributed by atoms with Crippen molar-refractivity contribution in [2.75, 3.05) is 19.0 Å². The molecule has 1 heterocycles. The number of rotatable bonds is 3. The number of halogens is 3. The SMILES string of the molecule is O=C(c1cccc(Br)c1Cl)N1CCC(CCCl)C1. The molecule has 2 nitrogen and oxygen atoms in total. The standard InChI is InChI=1S/C13H14BrCl2NO/c14-11-3-1-2-10(12(11)16)13(18)17-7-5-9(8-17)4-6-15/h1-3,9H,4-8H2. The molecule has 98 valence electrons. The molecule has 18 heavy (non-hydrogen) atoms. The Hall–Kier alpha value is -0.250. The first-order chi connectivity index (χ1) is 8.63. The molecule has 0 aromatic heterocycles. The molecule has 1 aliphatic rings. The highest BCUT2D eigenvalue weighted by Gasteiger charge is 2.27. The van der Waals surface area contributed by atoms with Crippen LogP contribution in [0.15, 0.2) is 22.7 Å². The van der Waals surface area contributed by atoms with E-state index in [4.69, 9.17) is 23.2 Å². The number of hydrogen-bond acceptors (Lipinski definition) is 1. The highest BCUT2D eigenvalue weighted by molar-refractivity contribution is 9.10. The Morgan fingerprint density at radius 3 is 3.00 bits per heavy atom. The summed E-state index contributed by atoms with van der Waals surface area (Å²) in [5.74, 6) is 1.19. The molecular weight excluding hydrogens is 337 g/mol. The van der Waals surface area contributed by atoms with Crippen LogP contribution in [0.2, 0.25) is 5.02 Å². The molecule has 1 fully saturated rings. The van der Waals surface area contributed by atoms with Crippen LogP contribution in [0.25, 0.3) is 0 Å². The van der Waals surface area contributed by atoms with E-state index in [1.165, 1.54) is 0 Å². The van der Waals surface area contributed by atoms with Gasteiger partial charge in [0.2, 0.25) is 0 Å². The second-order valence-electron chi connectivity index (χ2n) is 4.48. The number of likely N-dealkylation sites (tertiary alicyclic amines) is 1. The van der Waals surface area contributed by atoms with E-state index in [1.807, 2.05) is 17.0 Å². The predicted octanol–water partition coefficient (Wildman–Crippen LogP) is 4.19. The lowest BCUT2D eigenvalue weighted by atomic mass is 10.1. The summed E-state index contributed by atoms with van der Waals surface area (Å²) in [5, 5.41) is 0.489. The van der Waals surface area contributed by atoms with Gasteiger partial charge in [-0.15, -0.1) is 11.6 Å². The zero-order valence-electron chi connectivity index (χ0n) is 9.83. The molecule has 1 saturated heterocycles. The van der Waals surface area contributed by atoms with Gasteiger partial charge >= 0.3 is 0 Å². The van der Waals surface area contributed by atoms with Crippen molar-refractivity contribution in [2.24, 2.45) is 5.92 Å². The lowest BCUT2D eigenvalue weighted by Crippen LogP contribution is -2.29. The predicted molar refractivity (Wildman–Crippen MR) is 78.5 cm³/mol. The number of benzene rings is 1. The van der Waals surface area contributed by atoms with E-state index >= 15 is 0 Å². The van der Waals surface area contributed by atoms with Crippen molar-refractivity contribution in [3.05, 3.63) is 33.3 Å². The third-order valence-corrected chi connectivity index (χ3v) is 4.79. The molecule has 0 bridgehead atoms. The van der Waals surface area contributed by atoms with Crippen molar-refractivity contribution in [3.8, 4) is 0 Å². The summed E-state index contributed by atoms with van der Waals surface area (Å²) < 4.78 is 0.756. The normalized spacial score (nSPS) is 19.3. The first kappa shape index (κ1) is 14.2. The highest BCUT2D eigenvalue weighted by Crippen LogP contribution is 2.29. The third-order valence-electron chi connectivity index (χ3n) is 3.27. The van der Waals surface area contributed by atoms with E-state index in [0.717, 1.165) is 30.4 Å². The lowest BCUT2D eigenvalue weighted by molar-refractivity contribution is 0.0787. The third kappa shape index (κ3) is 3.01. The van der Waals surface area contributed by atoms with Crippen molar-refractivity contribution in [3.63, 3.8) is 0 Å². The number of hydrogen-bond donors (Lipinski definition) is 0. The van der Waals surface area contributed by atoms with E-state index in [0.29, 0.717) is 22.4 Å². The fourth-order valence-electron chi connectivity index (χ4n) is 2.25. The Balaban J connectivity index is 2.11. The summed E-state index contributed by atoms with van der Waals surface area (Å²) in [5.41, 5.74) is 0.567. The topological polar surface area (TPSA) is 20.3 Å². The number of carbonyl (C=O) groups excluding carboxylic acids is 1. The molecule has 5 heteroatoms. The number of alkyl halides is 1. The van der Waals surface area contributed by atoms with E-state index in [2.05, 4.69) is 15.9 Å². The van der Waals surface area contributed by atoms with Gasteiger partial charge < -0.3 is 4.90 Å². The zero-order valence-corrected chi connectivity index (χ0v) is 12.9. The maximum Gasteiger partial charge on any atom is 0.255 e. The van der Waals surface area contributed by atoms with Gasteiger partial charge in [-0.25, -0.2) is 0 Å². The monoisotopic (exact) mass is 349 g/mol. The Bertz CT molecular complexity index is 453. The number of carbonyl (C=O) groups is 1. The molecule has 1 amide bonds. The summed E-state index contributed by atoms with van der Waals surface area (Å²) in [4.78, 5) is 14.2. The Morgan fingerprint density at radius 1 is 1.50 bits per heavy atom. The molecule has 1 unspecified atom stereocenters. The highest BCUT2D eigenvalue weighted by atomic mass is 79.9. The van der Waals surface area contributed by atoms with Gasteiger partial charge in [-0.3, -0.25) is 4.79 Å². The molecule has 1 atom stereocenters. The van der Waals surface area contributed by atoms with Crippen LogP contribution in [-0.2, 0) is 0 Å². The zero-order chi connectivity index (χ0) is 13.1. The Morgan fingerprint density at radius 2 is 2.28 bits per heavy atom. The summed E-state index contributed by atoms with van der Waals surface area (Å²) in [6.07, 6.45) is 2.00. The molecule has 0 aliphatic carbocycles. The molecule has 0 spiro atoms. The second-order valence-corrected chi connectivity index (χ2v) is 6.10. The van der Waals surface area contributed by atoms with E-state index < -0.39 is 0 Å². The van der Waals surface area contributed by atoms with Crippen LogP contribution < -0.4 is 0 Å². The number of nitrogens with zero attached hydrogens (tertiary/aromatic N) is 1. The Kier molecular flexibility index (Phi) is 4.93. The first-order valence-corrected chi connectivity index (χ1v) is 7.63. The maximum atomic E-state index is 12.4. The minimum absolute atomic E-state index is 0.0124. The summed E-state index contributed by atoms with van der Waals surface area (Å²) in [6.45, 7) is 1.58. The quantitative estimate of drug-likeness (QED) is 0.748. The van der Waals surface area contributed by atoms with Gasteiger partial charge in [0.15, 0.2) is 0 Å². The van der Waals surface area contributed by atoms with E-state index in [-0.39, 0.29) is 5.91 Å². The average molecular weight is 351 g/mol. The average Bonchev–Trinajstić information content (AvgIpc) is 2.81. The van der Waals surface area contributed by atoms with Crippen molar-refractivity contribution in [2.45, 2.75) is 12.8 Å². The van der Waals surface area contributed by atoms with Crippen LogP contribution in [0.4, 0.5) is 0 Å². The van der Waals surface area contributed by atoms with Gasteiger partial charge in [-0.05, 0) is 46.8 Å². The van der Waals surface area contributed by atoms with Gasteiger partial charge in [-0.1, -0.05) is 17.7 Å². The van der Waals surface area contributed by atoms with Crippen LogP contribution in [0.3, 0.4) is 0 Å². The smallest absolute Gasteiger partial charge is 0.255 e. The largest absolute Gasteiger partial charge is 0.338 e. The second kappa shape index (κ2) is 6.27. The Labute approximate surface area is 125 Å². The summed E-state index contributed by atoms with van der Waals surface area (Å²) >= 11 is 15.2. The molecule has 0 N–H and O–H groups in total. The molecule has 1 aromatic rings. The van der Waals surface area contributed by atoms with E-state index in [9.17, 15) is 4.79 Å². The van der Waals surface area contributed by atoms with Gasteiger partial charge in [0.25, 0.3) is 5.91 Å². The van der Waals surface area contributed by atoms with Crippen LogP contribution in [0, 0.1) is 5.92 Å². The van der Waals surface area contributed by atoms with Crippen molar-refractivity contribution in [1.29, 1.82) is 0 Å². The van der Waals surface area contributed by atoms with Crippen LogP contribution in [0.5, 0.6) is 0 Å². The molecule has 1 aliphatic heterocycles. The van der Waals surface area contributed by atoms with Crippen molar-refractivity contribution in [1.82, 2.24) is 4.90 Å². The molecule has 2 rings (SSSR count). The van der Waals surface area contributed by atoms with E-state index in [1.54, 1.807) is 6.07 Å². The molecule has 0 radical (unpaired) electrons. The van der Waals surface area contributed by atoms with Crippen molar-refractivity contribution < 1.29 is 4.79 Å². The van der Waals surface area contributed by atoms with Gasteiger partial charge in [0, 0.05) is 23.4 Å². The summed E-state index contributed by atoms with van der Waals surface area (Å²) in [7, 11) is 0. The fraction of sp³-hybridized carbons (Fsp3) is 0.462. The van der Waals surface area contributed by atoms with Crippen LogP contribution in [0.1, 0.15) is 23.2 Å². The van der Waals surface area contributed by atoms with Gasteiger partial charge in [0.05, 0.1) is 10.6 Å². The summed E-state index contributed by atoms with van der Waals surface area (Å²) in [6, 6.07) is 5.43. The first-order valence-electron chi connectivity index (χ1n) is 5.92. The fourth-order valence-corrected chi connectivity index (χ4v) is 3.13. The maximum absolute atomic E-state index is 12.4. The number of amides is 1. The minimum Gasteiger partial charge on any atom is -0.338 e. The lowest BCUT2D eigenvalue weighted by Gasteiger charge is -2.17. The van der Waals surface area contributed by atoms with Crippen LogP contribution in [-0.4, -0.2) is 29.8 Å². The van der Waals surface area contributed by atoms with Crippen molar-refractivity contribution >= 4 is 45.0 Å². The molecule has 0 saturated carbocycles.